The minimum atomic E-state index is -0.377. The summed E-state index contributed by atoms with van der Waals surface area (Å²) in [5.74, 6) is -0.743. The fourth-order valence-corrected chi connectivity index (χ4v) is 1.78. The number of nitrogens with one attached hydrogen (secondary N) is 2. The number of nitrogens with zero attached hydrogens (tertiary/aromatic N) is 2. The Morgan fingerprint density at radius 2 is 1.96 bits per heavy atom. The van der Waals surface area contributed by atoms with Crippen molar-refractivity contribution in [3.63, 3.8) is 0 Å². The fraction of sp³-hybridized carbons (Fsp3) is 0.0588. The van der Waals surface area contributed by atoms with Crippen LogP contribution in [0.25, 0.3) is 0 Å². The zero-order chi connectivity index (χ0) is 16.7. The highest BCUT2D eigenvalue weighted by Crippen LogP contribution is 2.11. The molecule has 23 heavy (non-hydrogen) atoms. The first-order valence-corrected chi connectivity index (χ1v) is 6.80. The SMILES string of the molecule is C=CCNC(=O)c1cc(C(=O)Nc2ccc(C#N)cc2)ccn1. The molecule has 0 saturated carbocycles. The van der Waals surface area contributed by atoms with Crippen LogP contribution in [-0.4, -0.2) is 23.3 Å². The summed E-state index contributed by atoms with van der Waals surface area (Å²) in [5.41, 5.74) is 1.53. The van der Waals surface area contributed by atoms with Crippen molar-refractivity contribution in [1.29, 1.82) is 5.26 Å². The predicted octanol–water partition coefficient (Wildman–Crippen LogP) is 2.12. The van der Waals surface area contributed by atoms with Crippen molar-refractivity contribution in [3.05, 3.63) is 72.1 Å². The first-order valence-electron chi connectivity index (χ1n) is 6.80. The van der Waals surface area contributed by atoms with E-state index in [-0.39, 0.29) is 17.5 Å². The fourth-order valence-electron chi connectivity index (χ4n) is 1.78. The molecule has 0 unspecified atom stereocenters. The molecule has 0 saturated heterocycles. The van der Waals surface area contributed by atoms with Gasteiger partial charge in [0, 0.05) is 24.0 Å². The number of carbonyl (C=O) groups excluding carboxylic acids is 2. The van der Waals surface area contributed by atoms with E-state index in [2.05, 4.69) is 22.2 Å². The molecule has 6 heteroatoms. The number of nitriles is 1. The smallest absolute Gasteiger partial charge is 0.270 e. The van der Waals surface area contributed by atoms with E-state index in [1.807, 2.05) is 6.07 Å². The Kier molecular flexibility index (Phi) is 5.21. The Morgan fingerprint density at radius 1 is 1.22 bits per heavy atom. The van der Waals surface area contributed by atoms with Gasteiger partial charge in [-0.25, -0.2) is 0 Å². The van der Waals surface area contributed by atoms with Crippen molar-refractivity contribution in [1.82, 2.24) is 10.3 Å². The molecule has 0 aliphatic rings. The van der Waals surface area contributed by atoms with E-state index in [0.29, 0.717) is 23.4 Å². The Labute approximate surface area is 133 Å². The Morgan fingerprint density at radius 3 is 2.61 bits per heavy atom. The van der Waals surface area contributed by atoms with E-state index in [1.54, 1.807) is 30.3 Å². The van der Waals surface area contributed by atoms with Gasteiger partial charge >= 0.3 is 0 Å². The maximum atomic E-state index is 12.2. The molecule has 1 aromatic heterocycles. The van der Waals surface area contributed by atoms with E-state index < -0.39 is 0 Å². The topological polar surface area (TPSA) is 94.9 Å². The summed E-state index contributed by atoms with van der Waals surface area (Å²) in [6.45, 7) is 3.83. The number of amides is 2. The molecular weight excluding hydrogens is 292 g/mol. The summed E-state index contributed by atoms with van der Waals surface area (Å²) in [6.07, 6.45) is 2.95. The summed E-state index contributed by atoms with van der Waals surface area (Å²) < 4.78 is 0. The number of anilines is 1. The number of aromatic nitrogens is 1. The van der Waals surface area contributed by atoms with Gasteiger partial charge in [0.2, 0.25) is 0 Å². The zero-order valence-electron chi connectivity index (χ0n) is 12.2. The first kappa shape index (κ1) is 15.9. The Balaban J connectivity index is 2.11. The van der Waals surface area contributed by atoms with Gasteiger partial charge in [0.05, 0.1) is 11.6 Å². The number of pyridine rings is 1. The minimum absolute atomic E-state index is 0.152. The second-order valence-corrected chi connectivity index (χ2v) is 4.57. The summed E-state index contributed by atoms with van der Waals surface area (Å²) in [5, 5.41) is 14.0. The Bertz CT molecular complexity index is 776. The maximum Gasteiger partial charge on any atom is 0.270 e. The van der Waals surface area contributed by atoms with E-state index >= 15 is 0 Å². The number of hydrogen-bond acceptors (Lipinski definition) is 4. The van der Waals surface area contributed by atoms with Crippen molar-refractivity contribution in [2.75, 3.05) is 11.9 Å². The highest BCUT2D eigenvalue weighted by Gasteiger charge is 2.11. The van der Waals surface area contributed by atoms with E-state index in [9.17, 15) is 9.59 Å². The normalized spacial score (nSPS) is 9.52. The van der Waals surface area contributed by atoms with Gasteiger partial charge in [0.25, 0.3) is 11.8 Å². The van der Waals surface area contributed by atoms with E-state index in [4.69, 9.17) is 5.26 Å². The molecule has 1 aromatic carbocycles. The van der Waals surface area contributed by atoms with Crippen molar-refractivity contribution in [3.8, 4) is 6.07 Å². The van der Waals surface area contributed by atoms with Crippen LogP contribution in [0.2, 0.25) is 0 Å². The van der Waals surface area contributed by atoms with Crippen molar-refractivity contribution in [2.45, 2.75) is 0 Å². The van der Waals surface area contributed by atoms with Crippen LogP contribution < -0.4 is 10.6 Å². The number of carbonyl (C=O) groups is 2. The lowest BCUT2D eigenvalue weighted by Crippen LogP contribution is -2.24. The van der Waals surface area contributed by atoms with Crippen LogP contribution in [-0.2, 0) is 0 Å². The third-order valence-corrected chi connectivity index (χ3v) is 2.93. The summed E-state index contributed by atoms with van der Waals surface area (Å²) in [4.78, 5) is 28.0. The van der Waals surface area contributed by atoms with Gasteiger partial charge in [0.15, 0.2) is 0 Å². The van der Waals surface area contributed by atoms with Gasteiger partial charge in [0.1, 0.15) is 5.69 Å². The zero-order valence-corrected chi connectivity index (χ0v) is 12.2. The molecule has 0 atom stereocenters. The monoisotopic (exact) mass is 306 g/mol. The molecule has 0 aliphatic carbocycles. The molecule has 2 N–H and O–H groups in total. The van der Waals surface area contributed by atoms with Crippen LogP contribution in [0.4, 0.5) is 5.69 Å². The molecule has 6 nitrogen and oxygen atoms in total. The van der Waals surface area contributed by atoms with Crippen molar-refractivity contribution >= 4 is 17.5 Å². The van der Waals surface area contributed by atoms with Crippen LogP contribution in [0.5, 0.6) is 0 Å². The van der Waals surface area contributed by atoms with Crippen LogP contribution in [0.15, 0.2) is 55.3 Å². The van der Waals surface area contributed by atoms with Gasteiger partial charge < -0.3 is 10.6 Å². The number of benzene rings is 1. The van der Waals surface area contributed by atoms with Crippen LogP contribution in [0.3, 0.4) is 0 Å². The van der Waals surface area contributed by atoms with Crippen LogP contribution in [0.1, 0.15) is 26.4 Å². The van der Waals surface area contributed by atoms with Gasteiger partial charge in [-0.15, -0.1) is 6.58 Å². The Hall–Kier alpha value is -3.46. The second-order valence-electron chi connectivity index (χ2n) is 4.57. The van der Waals surface area contributed by atoms with Gasteiger partial charge in [-0.05, 0) is 36.4 Å². The molecule has 1 heterocycles. The molecule has 2 aromatic rings. The van der Waals surface area contributed by atoms with E-state index in [0.717, 1.165) is 0 Å². The molecule has 0 bridgehead atoms. The van der Waals surface area contributed by atoms with Crippen LogP contribution >= 0.6 is 0 Å². The molecule has 0 fully saturated rings. The molecule has 2 amide bonds. The molecule has 0 radical (unpaired) electrons. The molecular formula is C17H14N4O2. The third kappa shape index (κ3) is 4.25. The summed E-state index contributed by atoms with van der Waals surface area (Å²) in [7, 11) is 0. The van der Waals surface area contributed by atoms with Crippen molar-refractivity contribution in [2.24, 2.45) is 0 Å². The van der Waals surface area contributed by atoms with Gasteiger partial charge in [-0.3, -0.25) is 14.6 Å². The molecule has 114 valence electrons. The van der Waals surface area contributed by atoms with E-state index in [1.165, 1.54) is 18.3 Å². The average Bonchev–Trinajstić information content (AvgIpc) is 2.60. The second kappa shape index (κ2) is 7.52. The molecule has 2 rings (SSSR count). The third-order valence-electron chi connectivity index (χ3n) is 2.93. The lowest BCUT2D eigenvalue weighted by Gasteiger charge is -2.07. The highest BCUT2D eigenvalue weighted by atomic mass is 16.2. The maximum absolute atomic E-state index is 12.2. The summed E-state index contributed by atoms with van der Waals surface area (Å²) in [6, 6.07) is 11.4. The number of rotatable bonds is 5. The number of hydrogen-bond donors (Lipinski definition) is 2. The summed E-state index contributed by atoms with van der Waals surface area (Å²) >= 11 is 0. The minimum Gasteiger partial charge on any atom is -0.347 e. The van der Waals surface area contributed by atoms with Crippen LogP contribution in [0, 0.1) is 11.3 Å². The average molecular weight is 306 g/mol. The standard InChI is InChI=1S/C17H14N4O2/c1-2-8-20-17(23)15-10-13(7-9-19-15)16(22)21-14-5-3-12(11-18)4-6-14/h2-7,9-10H,1,8H2,(H,20,23)(H,21,22). The predicted molar refractivity (Wildman–Crippen MR) is 85.9 cm³/mol. The first-order chi connectivity index (χ1) is 11.1. The largest absolute Gasteiger partial charge is 0.347 e. The quantitative estimate of drug-likeness (QED) is 0.827. The van der Waals surface area contributed by atoms with Crippen molar-refractivity contribution < 1.29 is 9.59 Å². The van der Waals surface area contributed by atoms with Gasteiger partial charge in [-0.2, -0.15) is 5.26 Å². The lowest BCUT2D eigenvalue weighted by molar-refractivity contribution is 0.0953. The van der Waals surface area contributed by atoms with Gasteiger partial charge in [-0.1, -0.05) is 6.08 Å². The molecule has 0 aliphatic heterocycles. The lowest BCUT2D eigenvalue weighted by atomic mass is 10.2. The highest BCUT2D eigenvalue weighted by molar-refractivity contribution is 6.05. The molecule has 0 spiro atoms.